The molecule has 2 aromatic rings. The van der Waals surface area contributed by atoms with Gasteiger partial charge in [-0.3, -0.25) is 9.52 Å². The number of benzene rings is 2. The monoisotopic (exact) mass is 468 g/mol. The van der Waals surface area contributed by atoms with E-state index in [1.54, 1.807) is 0 Å². The van der Waals surface area contributed by atoms with Gasteiger partial charge in [0.2, 0.25) is 5.91 Å². The molecular weight excluding hydrogens is 432 g/mol. The van der Waals surface area contributed by atoms with Crippen molar-refractivity contribution in [2.75, 3.05) is 18.4 Å². The molecule has 1 aliphatic rings. The second-order valence-corrected chi connectivity index (χ2v) is 9.61. The quantitative estimate of drug-likeness (QED) is 0.476. The van der Waals surface area contributed by atoms with Gasteiger partial charge < -0.3 is 15.1 Å². The van der Waals surface area contributed by atoms with Crippen molar-refractivity contribution >= 4 is 29.6 Å². The Bertz CT molecular complexity index is 883. The Kier molecular flexibility index (Phi) is 9.63. The van der Waals surface area contributed by atoms with E-state index in [-0.39, 0.29) is 18.0 Å². The largest absolute Gasteiger partial charge is 0.322 e. The number of anilines is 1. The van der Waals surface area contributed by atoms with Crippen LogP contribution in [0, 0.1) is 0 Å². The molecular formula is C26H36N4O2S. The fourth-order valence-electron chi connectivity index (χ4n) is 4.32. The van der Waals surface area contributed by atoms with Gasteiger partial charge in [0.05, 0.1) is 0 Å². The van der Waals surface area contributed by atoms with E-state index in [0.29, 0.717) is 12.6 Å². The van der Waals surface area contributed by atoms with Crippen molar-refractivity contribution in [3.8, 4) is 0 Å². The van der Waals surface area contributed by atoms with Crippen molar-refractivity contribution in [2.45, 2.75) is 70.0 Å². The molecule has 7 heteroatoms. The topological polar surface area (TPSA) is 64.7 Å². The minimum Gasteiger partial charge on any atom is -0.317 e. The number of carbonyl (C=O) groups is 2. The summed E-state index contributed by atoms with van der Waals surface area (Å²) in [7, 11) is 0. The third-order valence-corrected chi connectivity index (χ3v) is 7.04. The molecule has 2 aromatic carbocycles. The number of amides is 3. The fraction of sp³-hybridized carbons (Fsp3) is 0.462. The molecule has 33 heavy (non-hydrogen) atoms. The van der Waals surface area contributed by atoms with Gasteiger partial charge in [0, 0.05) is 49.2 Å². The molecule has 0 spiro atoms. The van der Waals surface area contributed by atoms with E-state index in [2.05, 4.69) is 40.9 Å². The number of urea groups is 1. The third-order valence-electron chi connectivity index (χ3n) is 6.14. The Morgan fingerprint density at radius 3 is 2.36 bits per heavy atom. The normalized spacial score (nSPS) is 15.6. The number of hydrogen-bond acceptors (Lipinski definition) is 4. The summed E-state index contributed by atoms with van der Waals surface area (Å²) in [6.45, 7) is 8.68. The average molecular weight is 469 g/mol. The summed E-state index contributed by atoms with van der Waals surface area (Å²) in [4.78, 5) is 29.9. The summed E-state index contributed by atoms with van der Waals surface area (Å²) in [6, 6.07) is 18.5. The zero-order chi connectivity index (χ0) is 23.6. The van der Waals surface area contributed by atoms with Crippen LogP contribution in [0.25, 0.3) is 0 Å². The lowest BCUT2D eigenvalue weighted by molar-refractivity contribution is -0.117. The van der Waals surface area contributed by atoms with E-state index in [9.17, 15) is 9.59 Å². The van der Waals surface area contributed by atoms with Gasteiger partial charge in [-0.1, -0.05) is 43.7 Å². The standard InChI is InChI=1S/C26H36N4O2S/c1-4-8-20(2)29-17-15-24(16-18-29)30(19-22-9-6-5-7-10-22)26(32)27-23-11-13-25(14-12-23)33-28-21(3)31/h5-7,9-14,20,24H,4,8,15-19H2,1-3H3,(H,27,32)(H,28,31). The van der Waals surface area contributed by atoms with E-state index in [4.69, 9.17) is 0 Å². The molecule has 6 nitrogen and oxygen atoms in total. The molecule has 2 N–H and O–H groups in total. The number of rotatable bonds is 9. The van der Waals surface area contributed by atoms with E-state index in [1.165, 1.54) is 31.7 Å². The van der Waals surface area contributed by atoms with Gasteiger partial charge in [-0.2, -0.15) is 0 Å². The maximum atomic E-state index is 13.4. The molecule has 1 atom stereocenters. The Morgan fingerprint density at radius 2 is 1.76 bits per heavy atom. The lowest BCUT2D eigenvalue weighted by atomic mass is 10.00. The summed E-state index contributed by atoms with van der Waals surface area (Å²) in [5.74, 6) is -0.0935. The summed E-state index contributed by atoms with van der Waals surface area (Å²) in [6.07, 6.45) is 4.39. The zero-order valence-corrected chi connectivity index (χ0v) is 20.7. The maximum Gasteiger partial charge on any atom is 0.322 e. The number of carbonyl (C=O) groups excluding carboxylic acids is 2. The van der Waals surface area contributed by atoms with E-state index in [1.807, 2.05) is 47.4 Å². The minimum atomic E-state index is -0.0935. The molecule has 1 aliphatic heterocycles. The van der Waals surface area contributed by atoms with Crippen LogP contribution < -0.4 is 10.0 Å². The Labute approximate surface area is 202 Å². The first-order valence-electron chi connectivity index (χ1n) is 11.8. The number of nitrogens with one attached hydrogen (secondary N) is 2. The lowest BCUT2D eigenvalue weighted by Gasteiger charge is -2.40. The molecule has 0 radical (unpaired) electrons. The van der Waals surface area contributed by atoms with Crippen LogP contribution in [0.5, 0.6) is 0 Å². The van der Waals surface area contributed by atoms with Gasteiger partial charge in [0.25, 0.3) is 0 Å². The van der Waals surface area contributed by atoms with Crippen LogP contribution in [0.4, 0.5) is 10.5 Å². The fourth-order valence-corrected chi connectivity index (χ4v) is 4.85. The molecule has 0 aliphatic carbocycles. The molecule has 1 unspecified atom stereocenters. The molecule has 3 rings (SSSR count). The Hall–Kier alpha value is -2.51. The molecule has 0 saturated carbocycles. The Morgan fingerprint density at radius 1 is 1.09 bits per heavy atom. The summed E-state index contributed by atoms with van der Waals surface area (Å²) in [5, 5.41) is 3.08. The highest BCUT2D eigenvalue weighted by atomic mass is 32.2. The summed E-state index contributed by atoms with van der Waals surface area (Å²) >= 11 is 1.27. The predicted octanol–water partition coefficient (Wildman–Crippen LogP) is 5.52. The van der Waals surface area contributed by atoms with E-state index in [0.717, 1.165) is 42.1 Å². The van der Waals surface area contributed by atoms with Crippen molar-refractivity contribution in [1.82, 2.24) is 14.5 Å². The molecule has 1 saturated heterocycles. The third kappa shape index (κ3) is 7.79. The first-order chi connectivity index (χ1) is 16.0. The van der Waals surface area contributed by atoms with Gasteiger partial charge in [0.15, 0.2) is 0 Å². The second-order valence-electron chi connectivity index (χ2n) is 8.73. The van der Waals surface area contributed by atoms with Gasteiger partial charge in [-0.15, -0.1) is 0 Å². The van der Waals surface area contributed by atoms with Crippen LogP contribution >= 0.6 is 11.9 Å². The van der Waals surface area contributed by atoms with Crippen LogP contribution in [-0.2, 0) is 11.3 Å². The van der Waals surface area contributed by atoms with E-state index < -0.39 is 0 Å². The van der Waals surface area contributed by atoms with Crippen molar-refractivity contribution in [3.05, 3.63) is 60.2 Å². The molecule has 178 valence electrons. The second kappa shape index (κ2) is 12.7. The van der Waals surface area contributed by atoms with E-state index >= 15 is 0 Å². The van der Waals surface area contributed by atoms with Gasteiger partial charge >= 0.3 is 6.03 Å². The van der Waals surface area contributed by atoms with Crippen LogP contribution in [0.1, 0.15) is 52.0 Å². The lowest BCUT2D eigenvalue weighted by Crippen LogP contribution is -2.50. The van der Waals surface area contributed by atoms with Crippen molar-refractivity contribution in [1.29, 1.82) is 0 Å². The van der Waals surface area contributed by atoms with Crippen molar-refractivity contribution in [2.24, 2.45) is 0 Å². The number of piperidine rings is 1. The van der Waals surface area contributed by atoms with Gasteiger partial charge in [0.1, 0.15) is 0 Å². The molecule has 1 heterocycles. The molecule has 0 bridgehead atoms. The molecule has 1 fully saturated rings. The summed E-state index contributed by atoms with van der Waals surface area (Å²) < 4.78 is 2.71. The number of hydrogen-bond donors (Lipinski definition) is 2. The van der Waals surface area contributed by atoms with Gasteiger partial charge in [-0.25, -0.2) is 4.79 Å². The molecule has 0 aromatic heterocycles. The average Bonchev–Trinajstić information content (AvgIpc) is 2.83. The Balaban J connectivity index is 1.66. The van der Waals surface area contributed by atoms with Crippen LogP contribution in [0.15, 0.2) is 59.5 Å². The van der Waals surface area contributed by atoms with Gasteiger partial charge in [-0.05, 0) is 68.0 Å². The highest BCUT2D eigenvalue weighted by molar-refractivity contribution is 7.98. The predicted molar refractivity (Wildman–Crippen MR) is 136 cm³/mol. The number of likely N-dealkylation sites (tertiary alicyclic amines) is 1. The minimum absolute atomic E-state index is 0.0684. The number of nitrogens with zero attached hydrogens (tertiary/aromatic N) is 2. The van der Waals surface area contributed by atoms with Crippen LogP contribution in [-0.4, -0.2) is 46.9 Å². The maximum absolute atomic E-state index is 13.4. The van der Waals surface area contributed by atoms with Crippen LogP contribution in [0.3, 0.4) is 0 Å². The first-order valence-corrected chi connectivity index (χ1v) is 12.7. The SMILES string of the molecule is CCCC(C)N1CCC(N(Cc2ccccc2)C(=O)Nc2ccc(SNC(C)=O)cc2)CC1. The zero-order valence-electron chi connectivity index (χ0n) is 19.9. The highest BCUT2D eigenvalue weighted by Crippen LogP contribution is 2.24. The van der Waals surface area contributed by atoms with Crippen molar-refractivity contribution in [3.63, 3.8) is 0 Å². The summed E-state index contributed by atoms with van der Waals surface area (Å²) in [5.41, 5.74) is 1.88. The highest BCUT2D eigenvalue weighted by Gasteiger charge is 2.29. The smallest absolute Gasteiger partial charge is 0.317 e. The van der Waals surface area contributed by atoms with Crippen LogP contribution in [0.2, 0.25) is 0 Å². The molecule has 3 amide bonds. The first kappa shape index (κ1) is 25.1. The van der Waals surface area contributed by atoms with Crippen molar-refractivity contribution < 1.29 is 9.59 Å².